The monoisotopic (exact) mass is 392 g/mol. The van der Waals surface area contributed by atoms with Crippen molar-refractivity contribution in [1.29, 1.82) is 0 Å². The SMILES string of the molecule is Cc1ccc(Cl)cc1NC(=O)CSc1nnc(Cc2cccs2)n1C. The normalized spacial score (nSPS) is 10.8. The third kappa shape index (κ3) is 4.62. The molecule has 0 fully saturated rings. The summed E-state index contributed by atoms with van der Waals surface area (Å²) in [4.78, 5) is 13.4. The zero-order valence-corrected chi connectivity index (χ0v) is 16.2. The first-order valence-electron chi connectivity index (χ1n) is 7.62. The quantitative estimate of drug-likeness (QED) is 0.640. The van der Waals surface area contributed by atoms with E-state index in [1.165, 1.54) is 16.6 Å². The van der Waals surface area contributed by atoms with Crippen LogP contribution in [-0.4, -0.2) is 26.4 Å². The van der Waals surface area contributed by atoms with Gasteiger partial charge in [0.1, 0.15) is 5.82 Å². The van der Waals surface area contributed by atoms with Gasteiger partial charge in [-0.3, -0.25) is 4.79 Å². The van der Waals surface area contributed by atoms with Gasteiger partial charge in [-0.25, -0.2) is 0 Å². The molecule has 1 aromatic carbocycles. The molecular weight excluding hydrogens is 376 g/mol. The van der Waals surface area contributed by atoms with Gasteiger partial charge >= 0.3 is 0 Å². The van der Waals surface area contributed by atoms with Crippen molar-refractivity contribution < 1.29 is 4.79 Å². The Morgan fingerprint density at radius 3 is 2.96 bits per heavy atom. The van der Waals surface area contributed by atoms with E-state index in [0.29, 0.717) is 5.02 Å². The Balaban J connectivity index is 1.59. The minimum atomic E-state index is -0.0989. The van der Waals surface area contributed by atoms with Crippen LogP contribution < -0.4 is 5.32 Å². The molecule has 0 spiro atoms. The fourth-order valence-corrected chi connectivity index (χ4v) is 3.84. The second kappa shape index (κ2) is 8.03. The van der Waals surface area contributed by atoms with E-state index in [9.17, 15) is 4.79 Å². The van der Waals surface area contributed by atoms with Crippen LogP contribution >= 0.6 is 34.7 Å². The molecule has 5 nitrogen and oxygen atoms in total. The van der Waals surface area contributed by atoms with Crippen LogP contribution in [0.5, 0.6) is 0 Å². The Bertz CT molecular complexity index is 877. The fraction of sp³-hybridized carbons (Fsp3) is 0.235. The van der Waals surface area contributed by atoms with Gasteiger partial charge < -0.3 is 9.88 Å². The lowest BCUT2D eigenvalue weighted by atomic mass is 10.2. The number of nitrogens with zero attached hydrogens (tertiary/aromatic N) is 3. The van der Waals surface area contributed by atoms with Crippen LogP contribution in [0.25, 0.3) is 0 Å². The smallest absolute Gasteiger partial charge is 0.234 e. The number of aryl methyl sites for hydroxylation is 1. The number of aromatic nitrogens is 3. The summed E-state index contributed by atoms with van der Waals surface area (Å²) >= 11 is 9.04. The zero-order chi connectivity index (χ0) is 17.8. The maximum absolute atomic E-state index is 12.2. The molecule has 0 unspecified atom stereocenters. The number of thioether (sulfide) groups is 1. The predicted octanol–water partition coefficient (Wildman–Crippen LogP) is 4.16. The van der Waals surface area contributed by atoms with E-state index in [4.69, 9.17) is 11.6 Å². The minimum absolute atomic E-state index is 0.0989. The molecule has 0 bridgehead atoms. The highest BCUT2D eigenvalue weighted by Crippen LogP contribution is 2.22. The summed E-state index contributed by atoms with van der Waals surface area (Å²) < 4.78 is 1.93. The number of nitrogens with one attached hydrogen (secondary N) is 1. The lowest BCUT2D eigenvalue weighted by Gasteiger charge is -2.08. The Labute approximate surface area is 159 Å². The van der Waals surface area contributed by atoms with Crippen molar-refractivity contribution in [1.82, 2.24) is 14.8 Å². The van der Waals surface area contributed by atoms with Crippen molar-refractivity contribution in [3.8, 4) is 0 Å². The van der Waals surface area contributed by atoms with Crippen molar-refractivity contribution in [2.45, 2.75) is 18.5 Å². The summed E-state index contributed by atoms with van der Waals surface area (Å²) in [5.41, 5.74) is 1.70. The van der Waals surface area contributed by atoms with Crippen molar-refractivity contribution in [2.75, 3.05) is 11.1 Å². The molecule has 0 radical (unpaired) electrons. The first-order valence-corrected chi connectivity index (χ1v) is 9.86. The molecule has 130 valence electrons. The van der Waals surface area contributed by atoms with E-state index in [2.05, 4.69) is 21.6 Å². The minimum Gasteiger partial charge on any atom is -0.325 e. The molecule has 0 aliphatic rings. The van der Waals surface area contributed by atoms with Gasteiger partial charge in [0.15, 0.2) is 5.16 Å². The van der Waals surface area contributed by atoms with Gasteiger partial charge in [-0.15, -0.1) is 21.5 Å². The van der Waals surface area contributed by atoms with E-state index in [0.717, 1.165) is 28.7 Å². The van der Waals surface area contributed by atoms with E-state index in [1.807, 2.05) is 36.1 Å². The molecule has 1 amide bonds. The summed E-state index contributed by atoms with van der Waals surface area (Å²) in [6, 6.07) is 9.53. The van der Waals surface area contributed by atoms with Crippen molar-refractivity contribution in [3.05, 3.63) is 57.0 Å². The highest BCUT2D eigenvalue weighted by atomic mass is 35.5. The lowest BCUT2D eigenvalue weighted by molar-refractivity contribution is -0.113. The van der Waals surface area contributed by atoms with Crippen molar-refractivity contribution in [3.63, 3.8) is 0 Å². The first kappa shape index (κ1) is 18.0. The summed E-state index contributed by atoms with van der Waals surface area (Å²) in [7, 11) is 1.92. The van der Waals surface area contributed by atoms with Gasteiger partial charge in [0.25, 0.3) is 0 Å². The van der Waals surface area contributed by atoms with Crippen LogP contribution in [0, 0.1) is 6.92 Å². The molecule has 8 heteroatoms. The Morgan fingerprint density at radius 1 is 1.36 bits per heavy atom. The van der Waals surface area contributed by atoms with Gasteiger partial charge in [-0.2, -0.15) is 0 Å². The molecule has 2 aromatic heterocycles. The summed E-state index contributed by atoms with van der Waals surface area (Å²) in [6.45, 7) is 1.93. The summed E-state index contributed by atoms with van der Waals surface area (Å²) in [5.74, 6) is 1.05. The number of anilines is 1. The average molecular weight is 393 g/mol. The van der Waals surface area contributed by atoms with Crippen LogP contribution in [0.1, 0.15) is 16.3 Å². The average Bonchev–Trinajstić information content (AvgIpc) is 3.21. The number of benzene rings is 1. The zero-order valence-electron chi connectivity index (χ0n) is 13.8. The van der Waals surface area contributed by atoms with Gasteiger partial charge in [-0.1, -0.05) is 35.5 Å². The van der Waals surface area contributed by atoms with Gasteiger partial charge in [0, 0.05) is 29.1 Å². The van der Waals surface area contributed by atoms with Crippen LogP contribution in [0.3, 0.4) is 0 Å². The largest absolute Gasteiger partial charge is 0.325 e. The Kier molecular flexibility index (Phi) is 5.78. The number of hydrogen-bond acceptors (Lipinski definition) is 5. The number of thiophene rings is 1. The number of amides is 1. The van der Waals surface area contributed by atoms with Crippen LogP contribution in [0.4, 0.5) is 5.69 Å². The molecule has 3 rings (SSSR count). The number of carbonyl (C=O) groups is 1. The second-order valence-electron chi connectivity index (χ2n) is 5.51. The first-order chi connectivity index (χ1) is 12.0. The van der Waals surface area contributed by atoms with Crippen LogP contribution in [-0.2, 0) is 18.3 Å². The summed E-state index contributed by atoms with van der Waals surface area (Å²) in [6.07, 6.45) is 0.746. The molecule has 1 N–H and O–H groups in total. The molecule has 0 saturated carbocycles. The van der Waals surface area contributed by atoms with Gasteiger partial charge in [0.2, 0.25) is 5.91 Å². The van der Waals surface area contributed by atoms with Gasteiger partial charge in [0.05, 0.1) is 5.75 Å². The molecule has 0 aliphatic carbocycles. The third-order valence-electron chi connectivity index (χ3n) is 3.64. The van der Waals surface area contributed by atoms with E-state index >= 15 is 0 Å². The lowest BCUT2D eigenvalue weighted by Crippen LogP contribution is -2.15. The number of halogens is 1. The Morgan fingerprint density at radius 2 is 2.20 bits per heavy atom. The topological polar surface area (TPSA) is 59.8 Å². The van der Waals surface area contributed by atoms with E-state index in [1.54, 1.807) is 23.5 Å². The summed E-state index contributed by atoms with van der Waals surface area (Å²) in [5, 5.41) is 14.7. The third-order valence-corrected chi connectivity index (χ3v) is 5.78. The van der Waals surface area contributed by atoms with Crippen LogP contribution in [0.2, 0.25) is 5.02 Å². The highest BCUT2D eigenvalue weighted by Gasteiger charge is 2.13. The molecular formula is C17H17ClN4OS2. The molecule has 0 atom stereocenters. The molecule has 25 heavy (non-hydrogen) atoms. The number of carbonyl (C=O) groups excluding carboxylic acids is 1. The maximum Gasteiger partial charge on any atom is 0.234 e. The molecule has 0 aliphatic heterocycles. The van der Waals surface area contributed by atoms with Gasteiger partial charge in [-0.05, 0) is 36.1 Å². The van der Waals surface area contributed by atoms with Crippen LogP contribution in [0.15, 0.2) is 40.9 Å². The number of hydrogen-bond donors (Lipinski definition) is 1. The van der Waals surface area contributed by atoms with Crippen molar-refractivity contribution in [2.24, 2.45) is 7.05 Å². The maximum atomic E-state index is 12.2. The van der Waals surface area contributed by atoms with E-state index < -0.39 is 0 Å². The molecule has 2 heterocycles. The predicted molar refractivity (Wildman–Crippen MR) is 104 cm³/mol. The molecule has 3 aromatic rings. The molecule has 0 saturated heterocycles. The second-order valence-corrected chi connectivity index (χ2v) is 7.92. The van der Waals surface area contributed by atoms with Crippen molar-refractivity contribution >= 4 is 46.3 Å². The van der Waals surface area contributed by atoms with E-state index in [-0.39, 0.29) is 11.7 Å². The fourth-order valence-electron chi connectivity index (χ4n) is 2.24. The number of rotatable bonds is 6. The standard InChI is InChI=1S/C17H17ClN4OS2/c1-11-5-6-12(18)8-14(11)19-16(23)10-25-17-21-20-15(22(17)2)9-13-4-3-7-24-13/h3-8H,9-10H2,1-2H3,(H,19,23). The Hall–Kier alpha value is -1.83. The highest BCUT2D eigenvalue weighted by molar-refractivity contribution is 7.99.